The molecule has 13 rings (SSSR count). The van der Waals surface area contributed by atoms with Gasteiger partial charge in [-0.05, 0) is 119 Å². The SMILES string of the molecule is CCCCC1=NC2(CCCC2)C(=O)N1.CCCCC1=NC2(CCCC2)C(=O)N1Cc1ccc(-c2ccccc2-c2nn[nH]n2)cc1.CCCCC1=NC2(CCCC2)C(=O)N1Cc1ccc(-c2ccccc2C#N)cc1.Cl.[C-]#[N+]c1ccccc1-c1ccc(CBr)cc1. The largest absolute Gasteiger partial charge is 0.312 e. The van der Waals surface area contributed by atoms with Crippen LogP contribution in [0.3, 0.4) is 0 Å². The molecule has 0 saturated heterocycles. The molecule has 3 aliphatic heterocycles. The Bertz CT molecular complexity index is 3810. The molecule has 0 radical (unpaired) electrons. The molecule has 0 atom stereocenters. The first kappa shape index (κ1) is 67.9. The first-order valence-corrected chi connectivity index (χ1v) is 33.9. The number of nitrogens with zero attached hydrogens (tertiary/aromatic N) is 10. The van der Waals surface area contributed by atoms with Crippen LogP contribution >= 0.6 is 28.3 Å². The van der Waals surface area contributed by atoms with Crippen LogP contribution in [0, 0.1) is 17.9 Å². The lowest BCUT2D eigenvalue weighted by Gasteiger charge is -2.23. The van der Waals surface area contributed by atoms with E-state index in [0.717, 1.165) is 208 Å². The van der Waals surface area contributed by atoms with E-state index in [1.807, 2.05) is 88.7 Å². The molecule has 0 bridgehead atoms. The van der Waals surface area contributed by atoms with Crippen LogP contribution < -0.4 is 5.32 Å². The van der Waals surface area contributed by atoms with Crippen LogP contribution in [0.25, 0.3) is 49.6 Å². The van der Waals surface area contributed by atoms with Gasteiger partial charge in [0.2, 0.25) is 5.82 Å². The Morgan fingerprint density at radius 1 is 0.543 bits per heavy atom. The summed E-state index contributed by atoms with van der Waals surface area (Å²) < 4.78 is 0. The number of H-pyrrole nitrogens is 1. The number of aromatic amines is 1. The van der Waals surface area contributed by atoms with Crippen LogP contribution in [0.15, 0.2) is 161 Å². The van der Waals surface area contributed by atoms with Gasteiger partial charge in [-0.25, -0.2) is 4.85 Å². The van der Waals surface area contributed by atoms with Crippen LogP contribution in [-0.4, -0.2) is 82.3 Å². The number of rotatable bonds is 18. The maximum atomic E-state index is 13.4. The minimum atomic E-state index is -0.480. The zero-order chi connectivity index (χ0) is 63.6. The summed E-state index contributed by atoms with van der Waals surface area (Å²) in [5, 5.41) is 27.6. The van der Waals surface area contributed by atoms with Gasteiger partial charge in [-0.3, -0.25) is 39.2 Å². The number of amides is 3. The Morgan fingerprint density at radius 2 is 0.978 bits per heavy atom. The highest BCUT2D eigenvalue weighted by Crippen LogP contribution is 2.43. The number of carbonyl (C=O) groups is 3. The van der Waals surface area contributed by atoms with Gasteiger partial charge in [0.1, 0.15) is 34.1 Å². The van der Waals surface area contributed by atoms with Gasteiger partial charge >= 0.3 is 0 Å². The van der Waals surface area contributed by atoms with E-state index in [-0.39, 0.29) is 35.7 Å². The first-order valence-electron chi connectivity index (χ1n) is 32.8. The molecule has 0 unspecified atom stereocenters. The summed E-state index contributed by atoms with van der Waals surface area (Å²) in [6.07, 6.45) is 21.4. The second-order valence-corrected chi connectivity index (χ2v) is 25.2. The molecular weight excluding hydrogens is 1230 g/mol. The molecule has 92 heavy (non-hydrogen) atoms. The number of para-hydroxylation sites is 1. The van der Waals surface area contributed by atoms with Gasteiger partial charge in [0.15, 0.2) is 5.69 Å². The Labute approximate surface area is 557 Å². The van der Waals surface area contributed by atoms with Crippen molar-refractivity contribution in [3.63, 3.8) is 0 Å². The fourth-order valence-corrected chi connectivity index (χ4v) is 13.7. The van der Waals surface area contributed by atoms with Crippen molar-refractivity contribution < 1.29 is 14.4 Å². The topological polar surface area (TPSA) is 189 Å². The molecule has 476 valence electrons. The Morgan fingerprint density at radius 3 is 1.46 bits per heavy atom. The normalized spacial score (nSPS) is 16.9. The van der Waals surface area contributed by atoms with Gasteiger partial charge in [0.25, 0.3) is 17.7 Å². The highest BCUT2D eigenvalue weighted by atomic mass is 79.9. The molecule has 3 spiro atoms. The van der Waals surface area contributed by atoms with Crippen LogP contribution in [0.5, 0.6) is 0 Å². The van der Waals surface area contributed by atoms with Crippen molar-refractivity contribution in [1.82, 2.24) is 35.7 Å². The number of benzene rings is 6. The maximum Gasteiger partial charge on any atom is 0.256 e. The molecule has 6 aromatic carbocycles. The fourth-order valence-electron chi connectivity index (χ4n) is 13.3. The lowest BCUT2D eigenvalue weighted by atomic mass is 9.97. The molecule has 17 heteroatoms. The number of carbonyl (C=O) groups excluding carboxylic acids is 3. The quantitative estimate of drug-likeness (QED) is 0.0631. The smallest absolute Gasteiger partial charge is 0.256 e. The molecule has 3 amide bonds. The molecule has 3 saturated carbocycles. The van der Waals surface area contributed by atoms with E-state index in [1.54, 1.807) is 0 Å². The highest BCUT2D eigenvalue weighted by Gasteiger charge is 2.51. The molecule has 2 N–H and O–H groups in total. The number of amidine groups is 3. The van der Waals surface area contributed by atoms with E-state index < -0.39 is 11.1 Å². The van der Waals surface area contributed by atoms with E-state index in [4.69, 9.17) is 16.6 Å². The third-order valence-corrected chi connectivity index (χ3v) is 19.1. The van der Waals surface area contributed by atoms with Crippen LogP contribution in [0.4, 0.5) is 5.69 Å². The zero-order valence-corrected chi connectivity index (χ0v) is 55.7. The average Bonchev–Trinajstić information content (AvgIpc) is 1.65. The second kappa shape index (κ2) is 32.2. The number of hydrogen-bond acceptors (Lipinski definition) is 10. The third kappa shape index (κ3) is 15.7. The average molecular weight is 1320 g/mol. The monoisotopic (exact) mass is 1310 g/mol. The van der Waals surface area contributed by atoms with Crippen molar-refractivity contribution in [3.8, 4) is 50.8 Å². The summed E-state index contributed by atoms with van der Waals surface area (Å²) in [7, 11) is 0. The predicted octanol–water partition coefficient (Wildman–Crippen LogP) is 17.5. The van der Waals surface area contributed by atoms with E-state index >= 15 is 0 Å². The Balaban J connectivity index is 0.000000152. The van der Waals surface area contributed by atoms with Gasteiger partial charge in [0, 0.05) is 30.2 Å². The number of halogens is 2. The van der Waals surface area contributed by atoms with Crippen molar-refractivity contribution in [2.24, 2.45) is 15.0 Å². The maximum absolute atomic E-state index is 13.4. The Kier molecular flexibility index (Phi) is 23.8. The number of tetrazole rings is 1. The molecule has 15 nitrogen and oxygen atoms in total. The van der Waals surface area contributed by atoms with E-state index in [1.165, 1.54) is 5.56 Å². The van der Waals surface area contributed by atoms with Gasteiger partial charge in [-0.2, -0.15) is 10.5 Å². The second-order valence-electron chi connectivity index (χ2n) is 24.7. The molecular formula is C75H84BrClN12O3. The molecule has 3 aliphatic carbocycles. The van der Waals surface area contributed by atoms with Crippen molar-refractivity contribution in [1.29, 1.82) is 5.26 Å². The first-order chi connectivity index (χ1) is 44.5. The lowest BCUT2D eigenvalue weighted by Crippen LogP contribution is -2.40. The molecule has 1 aromatic heterocycles. The summed E-state index contributed by atoms with van der Waals surface area (Å²) >= 11 is 3.42. The summed E-state index contributed by atoms with van der Waals surface area (Å²) in [4.78, 5) is 60.3. The van der Waals surface area contributed by atoms with Crippen molar-refractivity contribution in [2.75, 3.05) is 0 Å². The minimum absolute atomic E-state index is 0. The van der Waals surface area contributed by atoms with Crippen LogP contribution in [-0.2, 0) is 32.8 Å². The highest BCUT2D eigenvalue weighted by molar-refractivity contribution is 9.08. The van der Waals surface area contributed by atoms with Gasteiger partial charge < -0.3 is 5.32 Å². The number of aliphatic imine (C=N–C) groups is 3. The van der Waals surface area contributed by atoms with Crippen LogP contribution in [0.2, 0.25) is 0 Å². The van der Waals surface area contributed by atoms with Gasteiger partial charge in [0.05, 0.1) is 31.3 Å². The van der Waals surface area contributed by atoms with E-state index in [0.29, 0.717) is 30.2 Å². The van der Waals surface area contributed by atoms with Gasteiger partial charge in [-0.1, -0.05) is 234 Å². The van der Waals surface area contributed by atoms with Crippen LogP contribution in [0.1, 0.15) is 178 Å². The lowest BCUT2D eigenvalue weighted by molar-refractivity contribution is -0.132. The minimum Gasteiger partial charge on any atom is -0.312 e. The van der Waals surface area contributed by atoms with E-state index in [9.17, 15) is 19.6 Å². The number of unbranched alkanes of at least 4 members (excludes halogenated alkanes) is 3. The third-order valence-electron chi connectivity index (χ3n) is 18.4. The van der Waals surface area contributed by atoms with Crippen molar-refractivity contribution >= 4 is 69.3 Å². The number of hydrogen-bond donors (Lipinski definition) is 2. The zero-order valence-electron chi connectivity index (χ0n) is 53.3. The summed E-state index contributed by atoms with van der Waals surface area (Å²) in [5.74, 6) is 4.00. The summed E-state index contributed by atoms with van der Waals surface area (Å²) in [6.45, 7) is 14.8. The number of aromatic nitrogens is 4. The number of alkyl halides is 1. The van der Waals surface area contributed by atoms with Crippen molar-refractivity contribution in [2.45, 2.75) is 191 Å². The molecule has 7 aromatic rings. The predicted molar refractivity (Wildman–Crippen MR) is 373 cm³/mol. The summed E-state index contributed by atoms with van der Waals surface area (Å²) in [6, 6.07) is 50.5. The number of nitriles is 1. The molecule has 6 aliphatic rings. The Hall–Kier alpha value is -8.44. The van der Waals surface area contributed by atoms with Crippen molar-refractivity contribution in [3.05, 3.63) is 179 Å². The molecule has 4 heterocycles. The van der Waals surface area contributed by atoms with E-state index in [2.05, 4.69) is 145 Å². The molecule has 3 fully saturated rings. The fraction of sp³-hybridized carbons (Fsp3) is 0.400. The standard InChI is InChI=1S/C25H28N6O.C25H27N3O.C14H10BrN.C11H18N2O.ClH/c1-2-3-10-22-26-25(15-6-7-16-25)24(32)31(22)17-18-11-13-19(14-12-18)20-8-4-5-9-21(20)23-27-29-30-28-23;1-2-3-10-23-27-25(15-6-7-16-25)24(29)28(23)18-19-11-13-20(14-12-19)22-9-5-4-8-21(22)17-26;1-16-14-5-3-2-4-13(14)12-8-6-11(10-15)7-9-12;1-2-3-6-9-12-10(14)11(13-9)7-4-5-8-11;/h4-5,8-9,11-14H,2-3,6-7,10,15-17H2,1H3,(H,27,28,29,30);4-5,8-9,11-14H,2-3,6-7,10,15-16,18H2,1H3;2-9H,10H2;2-8H2,1H3,(H,12,13,14);1H. The van der Waals surface area contributed by atoms with Gasteiger partial charge in [-0.15, -0.1) is 22.6 Å². The number of nitrogens with one attached hydrogen (secondary N) is 2. The summed E-state index contributed by atoms with van der Waals surface area (Å²) in [5.41, 5.74) is 10.6.